The molecule has 0 bridgehead atoms. The van der Waals surface area contributed by atoms with Gasteiger partial charge in [-0.25, -0.2) is 9.50 Å². The predicted molar refractivity (Wildman–Crippen MR) is 78.0 cm³/mol. The Hall–Kier alpha value is -1.09. The molecule has 3 rings (SSSR count). The van der Waals surface area contributed by atoms with Crippen molar-refractivity contribution in [1.82, 2.24) is 14.6 Å². The summed E-state index contributed by atoms with van der Waals surface area (Å²) in [5.74, 6) is 0. The summed E-state index contributed by atoms with van der Waals surface area (Å²) in [5, 5.41) is 5.41. The quantitative estimate of drug-likeness (QED) is 0.539. The second-order valence-corrected chi connectivity index (χ2v) is 6.80. The van der Waals surface area contributed by atoms with Gasteiger partial charge in [-0.2, -0.15) is 5.10 Å². The SMILES string of the molecule is CC(C)(C)c1cc2nc3c(c(Cl)n2n1)CCCCC3. The lowest BCUT2D eigenvalue weighted by atomic mass is 9.93. The highest BCUT2D eigenvalue weighted by molar-refractivity contribution is 6.30. The Bertz CT molecular complexity index is 622. The van der Waals surface area contributed by atoms with E-state index in [1.54, 1.807) is 0 Å². The van der Waals surface area contributed by atoms with Crippen molar-refractivity contribution < 1.29 is 0 Å². The number of hydrogen-bond donors (Lipinski definition) is 0. The van der Waals surface area contributed by atoms with E-state index < -0.39 is 0 Å². The molecule has 0 unspecified atom stereocenters. The fraction of sp³-hybridized carbons (Fsp3) is 0.600. The van der Waals surface area contributed by atoms with Gasteiger partial charge in [-0.05, 0) is 25.7 Å². The van der Waals surface area contributed by atoms with Crippen LogP contribution in [0.3, 0.4) is 0 Å². The molecular formula is C15H20ClN3. The highest BCUT2D eigenvalue weighted by Gasteiger charge is 2.22. The zero-order chi connectivity index (χ0) is 13.6. The first kappa shape index (κ1) is 12.9. The van der Waals surface area contributed by atoms with Gasteiger partial charge in [-0.3, -0.25) is 0 Å². The number of aryl methyl sites for hydroxylation is 1. The molecule has 0 atom stereocenters. The summed E-state index contributed by atoms with van der Waals surface area (Å²) in [5.41, 5.74) is 4.33. The Labute approximate surface area is 119 Å². The zero-order valence-electron chi connectivity index (χ0n) is 11.8. The molecule has 19 heavy (non-hydrogen) atoms. The molecule has 102 valence electrons. The summed E-state index contributed by atoms with van der Waals surface area (Å²) in [6, 6.07) is 2.07. The number of rotatable bonds is 0. The van der Waals surface area contributed by atoms with Crippen LogP contribution in [0.2, 0.25) is 5.15 Å². The topological polar surface area (TPSA) is 30.2 Å². The minimum atomic E-state index is 0.0222. The summed E-state index contributed by atoms with van der Waals surface area (Å²) in [6.45, 7) is 6.48. The maximum atomic E-state index is 6.56. The van der Waals surface area contributed by atoms with E-state index in [4.69, 9.17) is 16.6 Å². The van der Waals surface area contributed by atoms with E-state index in [9.17, 15) is 0 Å². The van der Waals surface area contributed by atoms with E-state index in [2.05, 4.69) is 31.9 Å². The minimum Gasteiger partial charge on any atom is -0.233 e. The van der Waals surface area contributed by atoms with Gasteiger partial charge in [0, 0.05) is 22.7 Å². The molecule has 1 aliphatic carbocycles. The van der Waals surface area contributed by atoms with E-state index in [1.165, 1.54) is 30.5 Å². The molecule has 0 aliphatic heterocycles. The normalized spacial score (nSPS) is 16.4. The molecule has 2 heterocycles. The monoisotopic (exact) mass is 277 g/mol. The Morgan fingerprint density at radius 3 is 2.63 bits per heavy atom. The summed E-state index contributed by atoms with van der Waals surface area (Å²) < 4.78 is 1.81. The predicted octanol–water partition coefficient (Wildman–Crippen LogP) is 3.95. The fourth-order valence-electron chi connectivity index (χ4n) is 2.64. The Morgan fingerprint density at radius 2 is 1.89 bits per heavy atom. The second kappa shape index (κ2) is 4.48. The molecule has 1 aliphatic rings. The van der Waals surface area contributed by atoms with Gasteiger partial charge in [0.05, 0.1) is 5.69 Å². The maximum Gasteiger partial charge on any atom is 0.157 e. The van der Waals surface area contributed by atoms with Crippen LogP contribution >= 0.6 is 11.6 Å². The molecule has 4 heteroatoms. The van der Waals surface area contributed by atoms with Crippen molar-refractivity contribution in [2.24, 2.45) is 0 Å². The Balaban J connectivity index is 2.21. The van der Waals surface area contributed by atoms with E-state index in [0.717, 1.165) is 29.3 Å². The third-order valence-electron chi connectivity index (χ3n) is 3.83. The van der Waals surface area contributed by atoms with Crippen molar-refractivity contribution in [1.29, 1.82) is 0 Å². The van der Waals surface area contributed by atoms with Crippen LogP contribution in [0.1, 0.15) is 57.0 Å². The number of halogens is 1. The number of nitrogens with zero attached hydrogens (tertiary/aromatic N) is 3. The van der Waals surface area contributed by atoms with Gasteiger partial charge in [0.25, 0.3) is 0 Å². The standard InChI is InChI=1S/C15H20ClN3/c1-15(2,3)12-9-13-17-11-8-6-4-5-7-10(11)14(16)19(13)18-12/h9H,4-8H2,1-3H3. The van der Waals surface area contributed by atoms with Crippen LogP contribution in [-0.4, -0.2) is 14.6 Å². The number of hydrogen-bond acceptors (Lipinski definition) is 2. The molecule has 0 fully saturated rings. The van der Waals surface area contributed by atoms with Crippen molar-refractivity contribution in [3.8, 4) is 0 Å². The van der Waals surface area contributed by atoms with Crippen molar-refractivity contribution in [3.05, 3.63) is 28.2 Å². The fourth-order valence-corrected chi connectivity index (χ4v) is 2.97. The van der Waals surface area contributed by atoms with Crippen molar-refractivity contribution >= 4 is 17.2 Å². The van der Waals surface area contributed by atoms with Gasteiger partial charge in [-0.1, -0.05) is 38.8 Å². The molecule has 0 saturated heterocycles. The lowest BCUT2D eigenvalue weighted by molar-refractivity contribution is 0.562. The van der Waals surface area contributed by atoms with Crippen LogP contribution in [0.5, 0.6) is 0 Å². The minimum absolute atomic E-state index is 0.0222. The van der Waals surface area contributed by atoms with Crippen LogP contribution < -0.4 is 0 Å². The summed E-state index contributed by atoms with van der Waals surface area (Å²) in [6.07, 6.45) is 5.76. The second-order valence-electron chi connectivity index (χ2n) is 6.44. The van der Waals surface area contributed by atoms with Gasteiger partial charge in [0.15, 0.2) is 5.65 Å². The molecule has 2 aromatic rings. The van der Waals surface area contributed by atoms with Crippen LogP contribution in [0.25, 0.3) is 5.65 Å². The highest BCUT2D eigenvalue weighted by Crippen LogP contribution is 2.29. The van der Waals surface area contributed by atoms with Crippen LogP contribution in [0.4, 0.5) is 0 Å². The Kier molecular flexibility index (Phi) is 3.05. The lowest BCUT2D eigenvalue weighted by Gasteiger charge is -2.13. The third kappa shape index (κ3) is 2.25. The molecule has 0 N–H and O–H groups in total. The summed E-state index contributed by atoms with van der Waals surface area (Å²) in [7, 11) is 0. The first-order valence-corrected chi connectivity index (χ1v) is 7.42. The molecule has 0 saturated carbocycles. The molecule has 2 aromatic heterocycles. The van der Waals surface area contributed by atoms with E-state index >= 15 is 0 Å². The zero-order valence-corrected chi connectivity index (χ0v) is 12.6. The van der Waals surface area contributed by atoms with Gasteiger partial charge >= 0.3 is 0 Å². The molecular weight excluding hydrogens is 258 g/mol. The molecule has 0 aromatic carbocycles. The summed E-state index contributed by atoms with van der Waals surface area (Å²) >= 11 is 6.56. The molecule has 0 spiro atoms. The van der Waals surface area contributed by atoms with Crippen LogP contribution in [0.15, 0.2) is 6.07 Å². The smallest absolute Gasteiger partial charge is 0.157 e. The first-order chi connectivity index (χ1) is 8.97. The molecule has 3 nitrogen and oxygen atoms in total. The van der Waals surface area contributed by atoms with Gasteiger partial charge < -0.3 is 0 Å². The molecule has 0 radical (unpaired) electrons. The van der Waals surface area contributed by atoms with E-state index in [-0.39, 0.29) is 5.41 Å². The maximum absolute atomic E-state index is 6.56. The lowest BCUT2D eigenvalue weighted by Crippen LogP contribution is -2.12. The number of aromatic nitrogens is 3. The summed E-state index contributed by atoms with van der Waals surface area (Å²) in [4.78, 5) is 4.79. The van der Waals surface area contributed by atoms with Gasteiger partial charge in [0.1, 0.15) is 5.15 Å². The average molecular weight is 278 g/mol. The van der Waals surface area contributed by atoms with E-state index in [0.29, 0.717) is 0 Å². The Morgan fingerprint density at radius 1 is 1.16 bits per heavy atom. The van der Waals surface area contributed by atoms with Crippen LogP contribution in [-0.2, 0) is 18.3 Å². The first-order valence-electron chi connectivity index (χ1n) is 7.04. The van der Waals surface area contributed by atoms with Gasteiger partial charge in [-0.15, -0.1) is 0 Å². The molecule has 0 amide bonds. The average Bonchev–Trinajstić information content (AvgIpc) is 2.62. The van der Waals surface area contributed by atoms with Crippen molar-refractivity contribution in [3.63, 3.8) is 0 Å². The van der Waals surface area contributed by atoms with Crippen molar-refractivity contribution in [2.45, 2.75) is 58.3 Å². The van der Waals surface area contributed by atoms with E-state index in [1.807, 2.05) is 4.52 Å². The van der Waals surface area contributed by atoms with Crippen LogP contribution in [0, 0.1) is 0 Å². The largest absolute Gasteiger partial charge is 0.233 e. The van der Waals surface area contributed by atoms with Gasteiger partial charge in [0.2, 0.25) is 0 Å². The highest BCUT2D eigenvalue weighted by atomic mass is 35.5. The van der Waals surface area contributed by atoms with Crippen molar-refractivity contribution in [2.75, 3.05) is 0 Å². The number of fused-ring (bicyclic) bond motifs is 2. The third-order valence-corrected chi connectivity index (χ3v) is 4.22.